The van der Waals surface area contributed by atoms with Crippen LogP contribution in [-0.2, 0) is 4.79 Å². The standard InChI is InChI=1S/C12H13BrO/c1-12(2,13)11(14)9-8-10-6-4-3-5-7-10/h3-9H,1-2H3/b9-8+. The van der Waals surface area contributed by atoms with Crippen molar-refractivity contribution < 1.29 is 4.79 Å². The van der Waals surface area contributed by atoms with Crippen molar-refractivity contribution in [1.29, 1.82) is 0 Å². The van der Waals surface area contributed by atoms with Gasteiger partial charge in [-0.15, -0.1) is 0 Å². The van der Waals surface area contributed by atoms with Crippen LogP contribution in [0.2, 0.25) is 0 Å². The Bertz CT molecular complexity index is 333. The van der Waals surface area contributed by atoms with Crippen LogP contribution in [0, 0.1) is 0 Å². The zero-order valence-corrected chi connectivity index (χ0v) is 9.91. The molecule has 1 aromatic carbocycles. The third kappa shape index (κ3) is 3.46. The van der Waals surface area contributed by atoms with Crippen molar-refractivity contribution in [2.24, 2.45) is 0 Å². The van der Waals surface area contributed by atoms with Gasteiger partial charge in [0.25, 0.3) is 0 Å². The van der Waals surface area contributed by atoms with E-state index < -0.39 is 4.32 Å². The molecule has 0 aliphatic carbocycles. The lowest BCUT2D eigenvalue weighted by molar-refractivity contribution is -0.115. The van der Waals surface area contributed by atoms with Gasteiger partial charge < -0.3 is 0 Å². The van der Waals surface area contributed by atoms with E-state index in [1.165, 1.54) is 0 Å². The molecule has 0 fully saturated rings. The first kappa shape index (κ1) is 11.2. The predicted molar refractivity (Wildman–Crippen MR) is 63.5 cm³/mol. The fourth-order valence-electron chi connectivity index (χ4n) is 0.934. The van der Waals surface area contributed by atoms with Crippen LogP contribution in [0.4, 0.5) is 0 Å². The molecule has 0 bridgehead atoms. The van der Waals surface area contributed by atoms with E-state index >= 15 is 0 Å². The fourth-order valence-corrected chi connectivity index (χ4v) is 1.07. The third-order valence-electron chi connectivity index (χ3n) is 1.81. The average molecular weight is 253 g/mol. The summed E-state index contributed by atoms with van der Waals surface area (Å²) in [5.41, 5.74) is 1.04. The van der Waals surface area contributed by atoms with Crippen LogP contribution in [0.5, 0.6) is 0 Å². The van der Waals surface area contributed by atoms with E-state index in [2.05, 4.69) is 15.9 Å². The number of alkyl halides is 1. The van der Waals surface area contributed by atoms with Crippen LogP contribution < -0.4 is 0 Å². The summed E-state index contributed by atoms with van der Waals surface area (Å²) in [5, 5.41) is 0. The maximum atomic E-state index is 11.5. The van der Waals surface area contributed by atoms with Gasteiger partial charge in [-0.05, 0) is 25.5 Å². The van der Waals surface area contributed by atoms with Gasteiger partial charge in [0.2, 0.25) is 0 Å². The number of hydrogen-bond donors (Lipinski definition) is 0. The van der Waals surface area contributed by atoms with Crippen molar-refractivity contribution in [1.82, 2.24) is 0 Å². The average Bonchev–Trinajstić information content (AvgIpc) is 2.14. The number of carbonyl (C=O) groups is 1. The van der Waals surface area contributed by atoms with E-state index in [-0.39, 0.29) is 5.78 Å². The van der Waals surface area contributed by atoms with E-state index in [1.807, 2.05) is 50.3 Å². The zero-order chi connectivity index (χ0) is 10.6. The molecule has 1 nitrogen and oxygen atoms in total. The van der Waals surface area contributed by atoms with E-state index in [4.69, 9.17) is 0 Å². The van der Waals surface area contributed by atoms with E-state index in [0.29, 0.717) is 0 Å². The lowest BCUT2D eigenvalue weighted by atomic mass is 10.1. The Morgan fingerprint density at radius 1 is 1.29 bits per heavy atom. The molecule has 1 rings (SSSR count). The molecule has 0 aliphatic heterocycles. The van der Waals surface area contributed by atoms with Crippen LogP contribution in [0.25, 0.3) is 6.08 Å². The molecule has 0 saturated carbocycles. The highest BCUT2D eigenvalue weighted by Crippen LogP contribution is 2.18. The summed E-state index contributed by atoms with van der Waals surface area (Å²) in [7, 11) is 0. The highest BCUT2D eigenvalue weighted by Gasteiger charge is 2.20. The van der Waals surface area contributed by atoms with Crippen molar-refractivity contribution in [3.8, 4) is 0 Å². The van der Waals surface area contributed by atoms with Gasteiger partial charge in [-0.3, -0.25) is 4.79 Å². The lowest BCUT2D eigenvalue weighted by Crippen LogP contribution is -2.21. The number of halogens is 1. The molecule has 0 atom stereocenters. The van der Waals surface area contributed by atoms with E-state index in [1.54, 1.807) is 6.08 Å². The Morgan fingerprint density at radius 3 is 2.36 bits per heavy atom. The molecule has 0 unspecified atom stereocenters. The topological polar surface area (TPSA) is 17.1 Å². The maximum absolute atomic E-state index is 11.5. The maximum Gasteiger partial charge on any atom is 0.171 e. The van der Waals surface area contributed by atoms with Crippen molar-refractivity contribution >= 4 is 27.8 Å². The molecule has 0 saturated heterocycles. The number of benzene rings is 1. The van der Waals surface area contributed by atoms with Gasteiger partial charge in [0.15, 0.2) is 5.78 Å². The summed E-state index contributed by atoms with van der Waals surface area (Å²) in [5.74, 6) is 0.0707. The van der Waals surface area contributed by atoms with Crippen LogP contribution in [0.1, 0.15) is 19.4 Å². The third-order valence-corrected chi connectivity index (χ3v) is 2.20. The molecule has 14 heavy (non-hydrogen) atoms. The fraction of sp³-hybridized carbons (Fsp3) is 0.250. The summed E-state index contributed by atoms with van der Waals surface area (Å²) >= 11 is 3.32. The summed E-state index contributed by atoms with van der Waals surface area (Å²) in [6.07, 6.45) is 3.43. The first-order chi connectivity index (χ1) is 6.50. The van der Waals surface area contributed by atoms with Gasteiger partial charge in [0.1, 0.15) is 0 Å². The Kier molecular flexibility index (Phi) is 3.64. The molecular weight excluding hydrogens is 240 g/mol. The predicted octanol–water partition coefficient (Wildman–Crippen LogP) is 3.44. The molecule has 0 heterocycles. The Balaban J connectivity index is 2.71. The second-order valence-electron chi connectivity index (χ2n) is 3.58. The molecule has 0 N–H and O–H groups in total. The van der Waals surface area contributed by atoms with Crippen LogP contribution in [-0.4, -0.2) is 10.1 Å². The molecule has 0 spiro atoms. The van der Waals surface area contributed by atoms with Gasteiger partial charge in [-0.2, -0.15) is 0 Å². The second-order valence-corrected chi connectivity index (χ2v) is 5.56. The van der Waals surface area contributed by atoms with Crippen molar-refractivity contribution in [2.75, 3.05) is 0 Å². The highest BCUT2D eigenvalue weighted by molar-refractivity contribution is 9.10. The van der Waals surface area contributed by atoms with Crippen molar-refractivity contribution in [3.63, 3.8) is 0 Å². The number of carbonyl (C=O) groups excluding carboxylic acids is 1. The summed E-state index contributed by atoms with van der Waals surface area (Å²) < 4.78 is -0.474. The van der Waals surface area contributed by atoms with E-state index in [9.17, 15) is 4.79 Å². The Morgan fingerprint density at radius 2 is 1.86 bits per heavy atom. The second kappa shape index (κ2) is 4.56. The van der Waals surface area contributed by atoms with Gasteiger partial charge in [-0.1, -0.05) is 52.3 Å². The Hall–Kier alpha value is -0.890. The zero-order valence-electron chi connectivity index (χ0n) is 8.33. The molecular formula is C12H13BrO. The number of rotatable bonds is 3. The SMILES string of the molecule is CC(C)(Br)C(=O)/C=C/c1ccccc1. The Labute approximate surface area is 93.0 Å². The van der Waals surface area contributed by atoms with Crippen LogP contribution in [0.3, 0.4) is 0 Å². The minimum Gasteiger partial charge on any atom is -0.293 e. The summed E-state index contributed by atoms with van der Waals surface area (Å²) in [4.78, 5) is 11.5. The number of allylic oxidation sites excluding steroid dienone is 1. The monoisotopic (exact) mass is 252 g/mol. The summed E-state index contributed by atoms with van der Waals surface area (Å²) in [6.45, 7) is 3.68. The first-order valence-corrected chi connectivity index (χ1v) is 5.26. The van der Waals surface area contributed by atoms with Gasteiger partial charge in [0.05, 0.1) is 4.32 Å². The molecule has 0 aliphatic rings. The van der Waals surface area contributed by atoms with Crippen LogP contribution >= 0.6 is 15.9 Å². The molecule has 2 heteroatoms. The molecule has 0 amide bonds. The largest absolute Gasteiger partial charge is 0.293 e. The minimum atomic E-state index is -0.474. The highest BCUT2D eigenvalue weighted by atomic mass is 79.9. The first-order valence-electron chi connectivity index (χ1n) is 4.46. The lowest BCUT2D eigenvalue weighted by Gasteiger charge is -2.10. The molecule has 0 radical (unpaired) electrons. The van der Waals surface area contributed by atoms with Crippen LogP contribution in [0.15, 0.2) is 36.4 Å². The smallest absolute Gasteiger partial charge is 0.171 e. The normalized spacial score (nSPS) is 11.9. The molecule has 0 aromatic heterocycles. The van der Waals surface area contributed by atoms with Gasteiger partial charge >= 0.3 is 0 Å². The summed E-state index contributed by atoms with van der Waals surface area (Å²) in [6, 6.07) is 9.77. The molecule has 1 aromatic rings. The van der Waals surface area contributed by atoms with Gasteiger partial charge in [0, 0.05) is 0 Å². The van der Waals surface area contributed by atoms with Gasteiger partial charge in [-0.25, -0.2) is 0 Å². The van der Waals surface area contributed by atoms with Crippen molar-refractivity contribution in [3.05, 3.63) is 42.0 Å². The van der Waals surface area contributed by atoms with Crippen molar-refractivity contribution in [2.45, 2.75) is 18.2 Å². The van der Waals surface area contributed by atoms with E-state index in [0.717, 1.165) is 5.56 Å². The minimum absolute atomic E-state index is 0.0707. The molecule has 74 valence electrons. The number of ketones is 1. The number of hydrogen-bond acceptors (Lipinski definition) is 1. The quantitative estimate of drug-likeness (QED) is 0.595.